The molecule has 8 nitrogen and oxygen atoms in total. The van der Waals surface area contributed by atoms with Crippen LogP contribution in [0.5, 0.6) is 5.75 Å². The van der Waals surface area contributed by atoms with Crippen molar-refractivity contribution in [1.82, 2.24) is 29.5 Å². The van der Waals surface area contributed by atoms with Crippen LogP contribution in [0, 0.1) is 5.82 Å². The normalized spacial score (nSPS) is 15.6. The smallest absolute Gasteiger partial charge is 0.401 e. The highest BCUT2D eigenvalue weighted by atomic mass is 19.4. The summed E-state index contributed by atoms with van der Waals surface area (Å²) >= 11 is 0. The van der Waals surface area contributed by atoms with Gasteiger partial charge in [0.2, 0.25) is 0 Å². The Bertz CT molecular complexity index is 1370. The Kier molecular flexibility index (Phi) is 5.78. The van der Waals surface area contributed by atoms with Crippen LogP contribution >= 0.6 is 0 Å². The maximum absolute atomic E-state index is 16.0. The van der Waals surface area contributed by atoms with E-state index in [4.69, 9.17) is 4.74 Å². The van der Waals surface area contributed by atoms with Crippen LogP contribution in [0.2, 0.25) is 0 Å². The lowest BCUT2D eigenvalue weighted by Crippen LogP contribution is -2.49. The van der Waals surface area contributed by atoms with Crippen LogP contribution in [-0.2, 0) is 0 Å². The fraction of sp³-hybridized carbons (Fsp3) is 0.435. The van der Waals surface area contributed by atoms with Crippen molar-refractivity contribution in [2.45, 2.75) is 25.9 Å². The Morgan fingerprint density at radius 2 is 1.89 bits per heavy atom. The number of anilines is 1. The largest absolute Gasteiger partial charge is 0.493 e. The summed E-state index contributed by atoms with van der Waals surface area (Å²) in [5.41, 5.74) is 3.36. The van der Waals surface area contributed by atoms with Gasteiger partial charge in [-0.15, -0.1) is 0 Å². The van der Waals surface area contributed by atoms with Crippen molar-refractivity contribution in [1.29, 1.82) is 0 Å². The molecule has 0 bridgehead atoms. The van der Waals surface area contributed by atoms with Gasteiger partial charge < -0.3 is 14.6 Å². The van der Waals surface area contributed by atoms with E-state index in [-0.39, 0.29) is 37.9 Å². The van der Waals surface area contributed by atoms with Crippen LogP contribution < -0.4 is 9.64 Å². The highest BCUT2D eigenvalue weighted by Crippen LogP contribution is 2.40. The van der Waals surface area contributed by atoms with Crippen molar-refractivity contribution in [3.63, 3.8) is 0 Å². The van der Waals surface area contributed by atoms with E-state index in [9.17, 15) is 13.2 Å². The summed E-state index contributed by atoms with van der Waals surface area (Å²) < 4.78 is 61.2. The number of rotatable bonds is 5. The number of aromatic amines is 1. The van der Waals surface area contributed by atoms with Gasteiger partial charge in [-0.2, -0.15) is 18.3 Å². The molecular weight excluding hydrogens is 466 g/mol. The van der Waals surface area contributed by atoms with Crippen molar-refractivity contribution in [2.75, 3.05) is 44.7 Å². The monoisotopic (exact) mass is 491 g/mol. The van der Waals surface area contributed by atoms with E-state index in [2.05, 4.69) is 20.1 Å². The number of pyridine rings is 2. The molecule has 1 aliphatic rings. The molecule has 12 heteroatoms. The van der Waals surface area contributed by atoms with Gasteiger partial charge in [0.05, 0.1) is 31.1 Å². The zero-order valence-corrected chi connectivity index (χ0v) is 19.5. The molecule has 5 heterocycles. The molecule has 1 saturated heterocycles. The number of nitrogens with one attached hydrogen (secondary N) is 1. The number of alkyl halides is 3. The van der Waals surface area contributed by atoms with Crippen molar-refractivity contribution in [3.05, 3.63) is 36.2 Å². The Morgan fingerprint density at radius 3 is 2.54 bits per heavy atom. The third kappa shape index (κ3) is 4.26. The second kappa shape index (κ2) is 8.67. The molecule has 35 heavy (non-hydrogen) atoms. The van der Waals surface area contributed by atoms with Crippen LogP contribution in [0.25, 0.3) is 27.8 Å². The van der Waals surface area contributed by atoms with Gasteiger partial charge in [-0.1, -0.05) is 13.8 Å². The minimum Gasteiger partial charge on any atom is -0.493 e. The maximum Gasteiger partial charge on any atom is 0.401 e. The second-order valence-corrected chi connectivity index (χ2v) is 8.96. The Balaban J connectivity index is 1.55. The van der Waals surface area contributed by atoms with E-state index < -0.39 is 18.5 Å². The summed E-state index contributed by atoms with van der Waals surface area (Å²) in [4.78, 5) is 14.9. The van der Waals surface area contributed by atoms with Gasteiger partial charge in [0.25, 0.3) is 0 Å². The number of hydrogen-bond donors (Lipinski definition) is 1. The van der Waals surface area contributed by atoms with Gasteiger partial charge >= 0.3 is 6.18 Å². The summed E-state index contributed by atoms with van der Waals surface area (Å²) in [6.07, 6.45) is 0.556. The molecule has 0 aromatic carbocycles. The van der Waals surface area contributed by atoms with Crippen molar-refractivity contribution < 1.29 is 22.3 Å². The second-order valence-electron chi connectivity index (χ2n) is 8.96. The van der Waals surface area contributed by atoms with Gasteiger partial charge in [-0.05, 0) is 17.5 Å². The topological polar surface area (TPSA) is 74.6 Å². The lowest BCUT2D eigenvalue weighted by atomic mass is 9.96. The van der Waals surface area contributed by atoms with Crippen molar-refractivity contribution in [3.8, 4) is 17.0 Å². The molecule has 0 amide bonds. The first-order valence-corrected chi connectivity index (χ1v) is 11.3. The first kappa shape index (κ1) is 23.3. The number of H-pyrrole nitrogens is 1. The molecule has 4 aromatic heterocycles. The number of methoxy groups -OCH3 is 1. The fourth-order valence-electron chi connectivity index (χ4n) is 4.74. The molecule has 1 fully saturated rings. The third-order valence-corrected chi connectivity index (χ3v) is 6.30. The van der Waals surface area contributed by atoms with Gasteiger partial charge in [-0.25, -0.2) is 18.9 Å². The third-order valence-electron chi connectivity index (χ3n) is 6.30. The number of fused-ring (bicyclic) bond motifs is 2. The average Bonchev–Trinajstić information content (AvgIpc) is 3.43. The highest BCUT2D eigenvalue weighted by molar-refractivity contribution is 5.93. The minimum absolute atomic E-state index is 0.0374. The molecule has 0 unspecified atom stereocenters. The number of nitrogens with zero attached hydrogens (tertiary/aromatic N) is 6. The molecule has 5 rings (SSSR count). The number of halogens is 4. The van der Waals surface area contributed by atoms with E-state index in [0.29, 0.717) is 22.3 Å². The van der Waals surface area contributed by atoms with E-state index >= 15 is 4.39 Å². The van der Waals surface area contributed by atoms with Gasteiger partial charge in [0.15, 0.2) is 23.0 Å². The lowest BCUT2D eigenvalue weighted by Gasteiger charge is -2.35. The molecule has 186 valence electrons. The predicted octanol–water partition coefficient (Wildman–Crippen LogP) is 4.23. The quantitative estimate of drug-likeness (QED) is 0.422. The Morgan fingerprint density at radius 1 is 1.14 bits per heavy atom. The van der Waals surface area contributed by atoms with Crippen LogP contribution in [0.4, 0.5) is 23.4 Å². The Hall–Kier alpha value is -3.41. The molecule has 1 aliphatic heterocycles. The van der Waals surface area contributed by atoms with Crippen LogP contribution in [0.1, 0.15) is 25.3 Å². The summed E-state index contributed by atoms with van der Waals surface area (Å²) in [5, 5.41) is 4.63. The van der Waals surface area contributed by atoms with E-state index in [1.807, 2.05) is 19.9 Å². The molecule has 0 radical (unpaired) electrons. The SMILES string of the molecule is COc1cc(-c2[nH]c3cnc(N4CCN(CC(F)(F)F)CC4)c(F)c3c2C(C)C)cn2ncnc12. The molecule has 0 spiro atoms. The Labute approximate surface area is 198 Å². The molecule has 0 atom stereocenters. The van der Waals surface area contributed by atoms with Gasteiger partial charge in [0.1, 0.15) is 6.33 Å². The molecule has 0 saturated carbocycles. The fourth-order valence-corrected chi connectivity index (χ4v) is 4.74. The number of aromatic nitrogens is 5. The first-order valence-electron chi connectivity index (χ1n) is 11.3. The highest BCUT2D eigenvalue weighted by Gasteiger charge is 2.33. The first-order chi connectivity index (χ1) is 16.7. The van der Waals surface area contributed by atoms with E-state index in [1.165, 1.54) is 11.2 Å². The summed E-state index contributed by atoms with van der Waals surface area (Å²) in [6, 6.07) is 1.83. The average molecular weight is 491 g/mol. The summed E-state index contributed by atoms with van der Waals surface area (Å²) in [6.45, 7) is 3.89. The molecule has 1 N–H and O–H groups in total. The molecular formula is C23H25F4N7O. The molecule has 4 aromatic rings. The van der Waals surface area contributed by atoms with Crippen LogP contribution in [0.3, 0.4) is 0 Å². The standard InChI is InChI=1S/C23H25F4N7O/c1-13(2)17-18-15(31-20(17)14-8-16(35-3)21-29-12-30-34(21)10-14)9-28-22(19(18)24)33-6-4-32(5-7-33)11-23(25,26)27/h8-10,12-13,31H,4-7,11H2,1-3H3. The van der Waals surface area contributed by atoms with Crippen LogP contribution in [-0.4, -0.2) is 75.5 Å². The van der Waals surface area contributed by atoms with Crippen molar-refractivity contribution >= 4 is 22.4 Å². The molecule has 0 aliphatic carbocycles. The summed E-state index contributed by atoms with van der Waals surface area (Å²) in [5.74, 6) is 0.168. The minimum atomic E-state index is -4.25. The van der Waals surface area contributed by atoms with Crippen molar-refractivity contribution in [2.24, 2.45) is 0 Å². The predicted molar refractivity (Wildman–Crippen MR) is 123 cm³/mol. The zero-order valence-electron chi connectivity index (χ0n) is 19.5. The zero-order chi connectivity index (χ0) is 24.9. The maximum atomic E-state index is 16.0. The summed E-state index contributed by atoms with van der Waals surface area (Å²) in [7, 11) is 1.55. The number of hydrogen-bond acceptors (Lipinski definition) is 6. The number of piperazine rings is 1. The van der Waals surface area contributed by atoms with Gasteiger partial charge in [-0.3, -0.25) is 4.90 Å². The van der Waals surface area contributed by atoms with E-state index in [1.54, 1.807) is 28.9 Å². The lowest BCUT2D eigenvalue weighted by molar-refractivity contribution is -0.146. The van der Waals surface area contributed by atoms with Crippen LogP contribution in [0.15, 0.2) is 24.8 Å². The number of ether oxygens (including phenoxy) is 1. The van der Waals surface area contributed by atoms with E-state index in [0.717, 1.165) is 16.8 Å². The van der Waals surface area contributed by atoms with Gasteiger partial charge in [0, 0.05) is 43.3 Å².